The van der Waals surface area contributed by atoms with Gasteiger partial charge in [0.2, 0.25) is 0 Å². The Morgan fingerprint density at radius 3 is 2.50 bits per heavy atom. The van der Waals surface area contributed by atoms with Gasteiger partial charge in [-0.3, -0.25) is 4.79 Å². The molecule has 0 bridgehead atoms. The van der Waals surface area contributed by atoms with Crippen LogP contribution in [0.2, 0.25) is 0 Å². The van der Waals surface area contributed by atoms with Crippen LogP contribution in [0.1, 0.15) is 44.6 Å². The number of hydrogen-bond donors (Lipinski definition) is 1. The van der Waals surface area contributed by atoms with Crippen molar-refractivity contribution in [3.8, 4) is 11.5 Å². The molecular formula is C22H27NO3. The lowest BCUT2D eigenvalue weighted by atomic mass is 10.2. The number of nitrogens with one attached hydrogen (secondary N) is 1. The molecule has 26 heavy (non-hydrogen) atoms. The van der Waals surface area contributed by atoms with Gasteiger partial charge in [0.05, 0.1) is 6.10 Å². The standard InChI is InChI=1S/C22H27NO3/c1-3-21(26-20-10-6-7-16(2)15-20)22(24)23-17-11-13-19(14-12-17)25-18-8-4-5-9-18/h6-7,10-15,18,21H,3-5,8-9H2,1-2H3,(H,23,24). The van der Waals surface area contributed by atoms with Gasteiger partial charge in [0.25, 0.3) is 5.91 Å². The fraction of sp³-hybridized carbons (Fsp3) is 0.409. The second-order valence-electron chi connectivity index (χ2n) is 6.87. The average Bonchev–Trinajstić information content (AvgIpc) is 3.14. The molecule has 1 fully saturated rings. The third kappa shape index (κ3) is 5.01. The minimum atomic E-state index is -0.522. The summed E-state index contributed by atoms with van der Waals surface area (Å²) in [6.45, 7) is 3.95. The normalized spacial score (nSPS) is 15.5. The van der Waals surface area contributed by atoms with Crippen LogP contribution in [0.5, 0.6) is 11.5 Å². The zero-order valence-electron chi connectivity index (χ0n) is 15.5. The van der Waals surface area contributed by atoms with E-state index in [1.165, 1.54) is 12.8 Å². The van der Waals surface area contributed by atoms with Crippen molar-refractivity contribution in [3.63, 3.8) is 0 Å². The van der Waals surface area contributed by atoms with E-state index in [1.807, 2.05) is 62.4 Å². The molecule has 1 unspecified atom stereocenters. The Labute approximate surface area is 155 Å². The number of anilines is 1. The maximum absolute atomic E-state index is 12.5. The molecule has 138 valence electrons. The summed E-state index contributed by atoms with van der Waals surface area (Å²) in [5.41, 5.74) is 1.86. The average molecular weight is 353 g/mol. The monoisotopic (exact) mass is 353 g/mol. The Hall–Kier alpha value is -2.49. The number of carbonyl (C=O) groups is 1. The number of aryl methyl sites for hydroxylation is 1. The van der Waals surface area contributed by atoms with Crippen molar-refractivity contribution in [3.05, 3.63) is 54.1 Å². The van der Waals surface area contributed by atoms with Gasteiger partial charge in [-0.05, 0) is 81.0 Å². The van der Waals surface area contributed by atoms with Crippen LogP contribution in [0.3, 0.4) is 0 Å². The molecule has 1 atom stereocenters. The quantitative estimate of drug-likeness (QED) is 0.752. The predicted molar refractivity (Wildman–Crippen MR) is 104 cm³/mol. The van der Waals surface area contributed by atoms with Gasteiger partial charge in [0, 0.05) is 5.69 Å². The van der Waals surface area contributed by atoms with E-state index >= 15 is 0 Å². The Kier molecular flexibility index (Phi) is 6.16. The maximum atomic E-state index is 12.5. The summed E-state index contributed by atoms with van der Waals surface area (Å²) < 4.78 is 11.8. The van der Waals surface area contributed by atoms with Crippen LogP contribution < -0.4 is 14.8 Å². The Balaban J connectivity index is 1.56. The molecule has 0 radical (unpaired) electrons. The Morgan fingerprint density at radius 1 is 1.12 bits per heavy atom. The first-order valence-electron chi connectivity index (χ1n) is 9.45. The molecule has 4 heteroatoms. The minimum Gasteiger partial charge on any atom is -0.490 e. The molecule has 4 nitrogen and oxygen atoms in total. The van der Waals surface area contributed by atoms with E-state index in [9.17, 15) is 4.79 Å². The lowest BCUT2D eigenvalue weighted by Gasteiger charge is -2.18. The first kappa shape index (κ1) is 18.3. The SMILES string of the molecule is CCC(Oc1cccc(C)c1)C(=O)Nc1ccc(OC2CCCC2)cc1. The fourth-order valence-corrected chi connectivity index (χ4v) is 3.21. The molecule has 1 aliphatic carbocycles. The summed E-state index contributed by atoms with van der Waals surface area (Å²) in [6, 6.07) is 15.3. The molecule has 3 rings (SSSR count). The van der Waals surface area contributed by atoms with Crippen LogP contribution in [-0.4, -0.2) is 18.1 Å². The summed E-state index contributed by atoms with van der Waals surface area (Å²) in [6.07, 6.45) is 5.17. The molecule has 2 aromatic carbocycles. The number of rotatable bonds is 7. The molecule has 1 saturated carbocycles. The van der Waals surface area contributed by atoms with Crippen LogP contribution in [0.4, 0.5) is 5.69 Å². The van der Waals surface area contributed by atoms with Gasteiger partial charge >= 0.3 is 0 Å². The van der Waals surface area contributed by atoms with E-state index in [0.717, 1.165) is 29.8 Å². The number of benzene rings is 2. The summed E-state index contributed by atoms with van der Waals surface area (Å²) >= 11 is 0. The van der Waals surface area contributed by atoms with Crippen LogP contribution in [0.15, 0.2) is 48.5 Å². The fourth-order valence-electron chi connectivity index (χ4n) is 3.21. The molecular weight excluding hydrogens is 326 g/mol. The molecule has 0 saturated heterocycles. The molecule has 0 aromatic heterocycles. The number of amides is 1. The van der Waals surface area contributed by atoms with Gasteiger partial charge < -0.3 is 14.8 Å². The number of hydrogen-bond acceptors (Lipinski definition) is 3. The summed E-state index contributed by atoms with van der Waals surface area (Å²) in [5.74, 6) is 1.43. The summed E-state index contributed by atoms with van der Waals surface area (Å²) in [4.78, 5) is 12.5. The van der Waals surface area contributed by atoms with Crippen LogP contribution in [-0.2, 0) is 4.79 Å². The van der Waals surface area contributed by atoms with Crippen LogP contribution >= 0.6 is 0 Å². The van der Waals surface area contributed by atoms with E-state index in [1.54, 1.807) is 0 Å². The van der Waals surface area contributed by atoms with Gasteiger partial charge in [0.15, 0.2) is 6.10 Å². The zero-order valence-corrected chi connectivity index (χ0v) is 15.5. The Morgan fingerprint density at radius 2 is 1.85 bits per heavy atom. The van der Waals surface area contributed by atoms with E-state index in [-0.39, 0.29) is 5.91 Å². The second-order valence-corrected chi connectivity index (χ2v) is 6.87. The molecule has 1 N–H and O–H groups in total. The highest BCUT2D eigenvalue weighted by molar-refractivity contribution is 5.94. The third-order valence-electron chi connectivity index (χ3n) is 4.66. The van der Waals surface area contributed by atoms with Crippen LogP contribution in [0.25, 0.3) is 0 Å². The van der Waals surface area contributed by atoms with Crippen molar-refractivity contribution in [2.45, 2.75) is 58.2 Å². The van der Waals surface area contributed by atoms with Gasteiger partial charge in [-0.25, -0.2) is 0 Å². The lowest BCUT2D eigenvalue weighted by molar-refractivity contribution is -0.122. The van der Waals surface area contributed by atoms with E-state index in [0.29, 0.717) is 18.3 Å². The van der Waals surface area contributed by atoms with Gasteiger partial charge in [0.1, 0.15) is 11.5 Å². The molecule has 0 aliphatic heterocycles. The third-order valence-corrected chi connectivity index (χ3v) is 4.66. The van der Waals surface area contributed by atoms with Crippen molar-refractivity contribution < 1.29 is 14.3 Å². The van der Waals surface area contributed by atoms with Crippen molar-refractivity contribution in [2.24, 2.45) is 0 Å². The smallest absolute Gasteiger partial charge is 0.265 e. The largest absolute Gasteiger partial charge is 0.490 e. The minimum absolute atomic E-state index is 0.140. The molecule has 1 amide bonds. The number of carbonyl (C=O) groups excluding carboxylic acids is 1. The predicted octanol–water partition coefficient (Wildman–Crippen LogP) is 5.11. The zero-order chi connectivity index (χ0) is 18.4. The van der Waals surface area contributed by atoms with E-state index in [4.69, 9.17) is 9.47 Å². The first-order valence-corrected chi connectivity index (χ1v) is 9.45. The van der Waals surface area contributed by atoms with Crippen molar-refractivity contribution in [1.82, 2.24) is 0 Å². The first-order chi connectivity index (χ1) is 12.6. The van der Waals surface area contributed by atoms with Crippen LogP contribution in [0, 0.1) is 6.92 Å². The second kappa shape index (κ2) is 8.75. The lowest BCUT2D eigenvalue weighted by Crippen LogP contribution is -2.32. The molecule has 2 aromatic rings. The topological polar surface area (TPSA) is 47.6 Å². The highest BCUT2D eigenvalue weighted by Gasteiger charge is 2.19. The highest BCUT2D eigenvalue weighted by atomic mass is 16.5. The van der Waals surface area contributed by atoms with Crippen molar-refractivity contribution >= 4 is 11.6 Å². The van der Waals surface area contributed by atoms with E-state index < -0.39 is 6.10 Å². The van der Waals surface area contributed by atoms with Gasteiger partial charge in [-0.2, -0.15) is 0 Å². The maximum Gasteiger partial charge on any atom is 0.265 e. The number of ether oxygens (including phenoxy) is 2. The highest BCUT2D eigenvalue weighted by Crippen LogP contribution is 2.25. The molecule has 1 aliphatic rings. The van der Waals surface area contributed by atoms with Gasteiger partial charge in [-0.15, -0.1) is 0 Å². The molecule has 0 spiro atoms. The van der Waals surface area contributed by atoms with Gasteiger partial charge in [-0.1, -0.05) is 19.1 Å². The van der Waals surface area contributed by atoms with Crippen molar-refractivity contribution in [1.29, 1.82) is 0 Å². The molecule has 0 heterocycles. The van der Waals surface area contributed by atoms with Crippen molar-refractivity contribution in [2.75, 3.05) is 5.32 Å². The summed E-state index contributed by atoms with van der Waals surface area (Å²) in [7, 11) is 0. The Bertz CT molecular complexity index is 720. The summed E-state index contributed by atoms with van der Waals surface area (Å²) in [5, 5.41) is 2.93. The van der Waals surface area contributed by atoms with E-state index in [2.05, 4.69) is 5.32 Å².